The number of likely N-dealkylation sites (tertiary alicyclic amines) is 1. The van der Waals surface area contributed by atoms with Crippen LogP contribution in [-0.4, -0.2) is 51.4 Å². The van der Waals surface area contributed by atoms with Crippen LogP contribution in [0.1, 0.15) is 45.7 Å². The lowest BCUT2D eigenvalue weighted by atomic mass is 10.00. The van der Waals surface area contributed by atoms with Gasteiger partial charge in [-0.1, -0.05) is 54.6 Å². The number of aromatic nitrogens is 2. The highest BCUT2D eigenvalue weighted by Crippen LogP contribution is 2.22. The molecule has 0 aliphatic carbocycles. The molecule has 3 heterocycles. The molecule has 0 bridgehead atoms. The summed E-state index contributed by atoms with van der Waals surface area (Å²) in [5, 5.41) is 3.52. The highest BCUT2D eigenvalue weighted by atomic mass is 16.2. The van der Waals surface area contributed by atoms with Gasteiger partial charge >= 0.3 is 0 Å². The third-order valence-electron chi connectivity index (χ3n) is 7.41. The Kier molecular flexibility index (Phi) is 9.45. The second kappa shape index (κ2) is 13.8. The molecule has 2 aromatic carbocycles. The number of nitrogens with one attached hydrogen (secondary N) is 1. The fourth-order valence-electron chi connectivity index (χ4n) is 5.30. The summed E-state index contributed by atoms with van der Waals surface area (Å²) < 4.78 is 0. The van der Waals surface area contributed by atoms with Crippen molar-refractivity contribution < 1.29 is 4.79 Å². The molecule has 200 valence electrons. The first kappa shape index (κ1) is 26.7. The molecule has 6 nitrogen and oxygen atoms in total. The molecule has 1 saturated heterocycles. The van der Waals surface area contributed by atoms with E-state index in [0.29, 0.717) is 6.04 Å². The van der Waals surface area contributed by atoms with Crippen molar-refractivity contribution in [3.63, 3.8) is 0 Å². The van der Waals surface area contributed by atoms with E-state index in [1.165, 1.54) is 11.1 Å². The topological polar surface area (TPSA) is 61.4 Å². The molecule has 1 aliphatic heterocycles. The Morgan fingerprint density at radius 2 is 1.49 bits per heavy atom. The molecule has 6 heteroatoms. The van der Waals surface area contributed by atoms with Gasteiger partial charge in [-0.05, 0) is 60.4 Å². The smallest absolute Gasteiger partial charge is 0.253 e. The third kappa shape index (κ3) is 7.82. The molecular weight excluding hydrogens is 482 g/mol. The number of nitrogens with zero attached hydrogens (tertiary/aromatic N) is 4. The lowest BCUT2D eigenvalue weighted by molar-refractivity contribution is 0.0608. The molecule has 1 amide bonds. The normalized spacial score (nSPS) is 14.0. The van der Waals surface area contributed by atoms with E-state index in [-0.39, 0.29) is 5.91 Å². The van der Waals surface area contributed by atoms with Crippen molar-refractivity contribution in [2.75, 3.05) is 19.6 Å². The number of carbonyl (C=O) groups is 1. The summed E-state index contributed by atoms with van der Waals surface area (Å²) in [6.45, 7) is 4.96. The van der Waals surface area contributed by atoms with Crippen molar-refractivity contribution in [1.29, 1.82) is 0 Å². The number of carbonyl (C=O) groups excluding carboxylic acids is 1. The third-order valence-corrected chi connectivity index (χ3v) is 7.41. The number of rotatable bonds is 11. The van der Waals surface area contributed by atoms with Crippen LogP contribution in [0, 0.1) is 0 Å². The average Bonchev–Trinajstić information content (AvgIpc) is 3.01. The minimum atomic E-state index is 0.139. The van der Waals surface area contributed by atoms with Gasteiger partial charge in [0.25, 0.3) is 5.91 Å². The number of hydrogen-bond acceptors (Lipinski definition) is 5. The van der Waals surface area contributed by atoms with E-state index in [0.717, 1.165) is 75.5 Å². The molecule has 2 aromatic heterocycles. The maximum Gasteiger partial charge on any atom is 0.253 e. The predicted octanol–water partition coefficient (Wildman–Crippen LogP) is 5.12. The van der Waals surface area contributed by atoms with Crippen LogP contribution in [0.5, 0.6) is 0 Å². The van der Waals surface area contributed by atoms with Gasteiger partial charge in [0.2, 0.25) is 0 Å². The van der Waals surface area contributed by atoms with Crippen LogP contribution in [0.25, 0.3) is 0 Å². The average molecular weight is 520 g/mol. The minimum Gasteiger partial charge on any atom is -0.339 e. The fraction of sp³-hybridized carbons (Fsp3) is 0.303. The molecule has 4 aromatic rings. The van der Waals surface area contributed by atoms with Gasteiger partial charge < -0.3 is 10.2 Å². The van der Waals surface area contributed by atoms with E-state index in [2.05, 4.69) is 56.6 Å². The Morgan fingerprint density at radius 3 is 2.21 bits per heavy atom. The van der Waals surface area contributed by atoms with Crippen LogP contribution in [-0.2, 0) is 26.1 Å². The van der Waals surface area contributed by atoms with Crippen molar-refractivity contribution in [1.82, 2.24) is 25.1 Å². The van der Waals surface area contributed by atoms with Gasteiger partial charge in [0.05, 0.1) is 5.69 Å². The van der Waals surface area contributed by atoms with Gasteiger partial charge in [-0.25, -0.2) is 0 Å². The van der Waals surface area contributed by atoms with Gasteiger partial charge in [0, 0.05) is 75.4 Å². The van der Waals surface area contributed by atoms with E-state index < -0.39 is 0 Å². The molecule has 0 unspecified atom stereocenters. The van der Waals surface area contributed by atoms with Crippen LogP contribution in [0.3, 0.4) is 0 Å². The SMILES string of the molecule is O=C(c1ccccc1)N1CCC(N(CCc2ccccn2)Cc2cccc(CNCc3ccccn3)c2)CC1. The lowest BCUT2D eigenvalue weighted by Gasteiger charge is -2.39. The maximum atomic E-state index is 13.0. The van der Waals surface area contributed by atoms with Crippen LogP contribution < -0.4 is 5.32 Å². The maximum absolute atomic E-state index is 13.0. The van der Waals surface area contributed by atoms with Gasteiger partial charge in [-0.15, -0.1) is 0 Å². The Morgan fingerprint density at radius 1 is 0.795 bits per heavy atom. The summed E-state index contributed by atoms with van der Waals surface area (Å²) >= 11 is 0. The first-order chi connectivity index (χ1) is 19.2. The predicted molar refractivity (Wildman–Crippen MR) is 155 cm³/mol. The molecular formula is C33H37N5O. The first-order valence-corrected chi connectivity index (χ1v) is 13.9. The Bertz CT molecular complexity index is 1290. The van der Waals surface area contributed by atoms with E-state index in [4.69, 9.17) is 0 Å². The summed E-state index contributed by atoms with van der Waals surface area (Å²) in [5.41, 5.74) is 5.53. The fourth-order valence-corrected chi connectivity index (χ4v) is 5.30. The first-order valence-electron chi connectivity index (χ1n) is 13.9. The van der Waals surface area contributed by atoms with Crippen molar-refractivity contribution in [2.24, 2.45) is 0 Å². The highest BCUT2D eigenvalue weighted by molar-refractivity contribution is 5.94. The molecule has 0 atom stereocenters. The van der Waals surface area contributed by atoms with E-state index in [1.54, 1.807) is 0 Å². The number of pyridine rings is 2. The van der Waals surface area contributed by atoms with Crippen molar-refractivity contribution >= 4 is 5.91 Å². The minimum absolute atomic E-state index is 0.139. The van der Waals surface area contributed by atoms with E-state index in [1.807, 2.05) is 71.9 Å². The van der Waals surface area contributed by atoms with Crippen LogP contribution in [0.2, 0.25) is 0 Å². The monoisotopic (exact) mass is 519 g/mol. The second-order valence-electron chi connectivity index (χ2n) is 10.2. The van der Waals surface area contributed by atoms with Crippen LogP contribution >= 0.6 is 0 Å². The van der Waals surface area contributed by atoms with Crippen LogP contribution in [0.4, 0.5) is 0 Å². The molecule has 0 spiro atoms. The summed E-state index contributed by atoms with van der Waals surface area (Å²) in [6, 6.07) is 31.1. The summed E-state index contributed by atoms with van der Waals surface area (Å²) in [5.74, 6) is 0.139. The number of piperidine rings is 1. The zero-order valence-corrected chi connectivity index (χ0v) is 22.5. The number of benzene rings is 2. The Labute approximate surface area is 231 Å². The quantitative estimate of drug-likeness (QED) is 0.298. The van der Waals surface area contributed by atoms with Crippen LogP contribution in [0.15, 0.2) is 103 Å². The standard InChI is InChI=1S/C33H37N5O/c39-33(29-11-2-1-3-12-29)37-21-16-32(17-22-37)38(20-15-30-13-4-6-18-35-30)26-28-10-8-9-27(23-28)24-34-25-31-14-5-7-19-36-31/h1-14,18-19,23,32,34H,15-17,20-22,24-26H2. The number of amides is 1. The summed E-state index contributed by atoms with van der Waals surface area (Å²) in [6.07, 6.45) is 6.57. The van der Waals surface area contributed by atoms with Gasteiger partial charge in [0.15, 0.2) is 0 Å². The van der Waals surface area contributed by atoms with Crippen molar-refractivity contribution in [2.45, 2.75) is 44.9 Å². The Hall–Kier alpha value is -3.87. The highest BCUT2D eigenvalue weighted by Gasteiger charge is 2.27. The zero-order valence-electron chi connectivity index (χ0n) is 22.5. The zero-order chi connectivity index (χ0) is 26.7. The summed E-state index contributed by atoms with van der Waals surface area (Å²) in [4.78, 5) is 26.5. The molecule has 0 radical (unpaired) electrons. The van der Waals surface area contributed by atoms with E-state index in [9.17, 15) is 4.79 Å². The molecule has 5 rings (SSSR count). The molecule has 39 heavy (non-hydrogen) atoms. The van der Waals surface area contributed by atoms with Crippen molar-refractivity contribution in [3.8, 4) is 0 Å². The van der Waals surface area contributed by atoms with Gasteiger partial charge in [-0.2, -0.15) is 0 Å². The summed E-state index contributed by atoms with van der Waals surface area (Å²) in [7, 11) is 0. The van der Waals surface area contributed by atoms with Crippen molar-refractivity contribution in [3.05, 3.63) is 131 Å². The van der Waals surface area contributed by atoms with Gasteiger partial charge in [-0.3, -0.25) is 19.7 Å². The molecule has 1 N–H and O–H groups in total. The number of hydrogen-bond donors (Lipinski definition) is 1. The second-order valence-corrected chi connectivity index (χ2v) is 10.2. The lowest BCUT2D eigenvalue weighted by Crippen LogP contribution is -2.47. The van der Waals surface area contributed by atoms with Gasteiger partial charge in [0.1, 0.15) is 0 Å². The molecule has 0 saturated carbocycles. The molecule has 1 fully saturated rings. The molecule has 1 aliphatic rings. The van der Waals surface area contributed by atoms with E-state index >= 15 is 0 Å². The Balaban J connectivity index is 1.22. The largest absolute Gasteiger partial charge is 0.339 e.